The zero-order chi connectivity index (χ0) is 18.9. The first-order chi connectivity index (χ1) is 12.3. The van der Waals surface area contributed by atoms with E-state index in [1.807, 2.05) is 24.3 Å². The van der Waals surface area contributed by atoms with Gasteiger partial charge in [0.05, 0.1) is 24.1 Å². The van der Waals surface area contributed by atoms with Gasteiger partial charge in [0.1, 0.15) is 16.8 Å². The normalized spacial score (nSPS) is 17.9. The van der Waals surface area contributed by atoms with Crippen LogP contribution in [-0.4, -0.2) is 31.3 Å². The maximum atomic E-state index is 12.7. The van der Waals surface area contributed by atoms with E-state index in [0.717, 1.165) is 11.3 Å². The van der Waals surface area contributed by atoms with Crippen molar-refractivity contribution in [2.75, 3.05) is 6.61 Å². The minimum absolute atomic E-state index is 0.260. The van der Waals surface area contributed by atoms with Gasteiger partial charge in [0.2, 0.25) is 5.91 Å². The Balaban J connectivity index is 1.74. The smallest absolute Gasteiger partial charge is 0.238 e. The van der Waals surface area contributed by atoms with Crippen LogP contribution in [0.15, 0.2) is 28.8 Å². The molecule has 3 rings (SSSR count). The molecular weight excluding hydrogens is 356 g/mol. The molecule has 0 bridgehead atoms. The lowest BCUT2D eigenvalue weighted by molar-refractivity contribution is -0.121. The summed E-state index contributed by atoms with van der Waals surface area (Å²) in [5.41, 5.74) is 1.90. The van der Waals surface area contributed by atoms with E-state index in [1.54, 1.807) is 13.8 Å². The van der Waals surface area contributed by atoms with E-state index in [2.05, 4.69) is 10.5 Å². The van der Waals surface area contributed by atoms with Crippen LogP contribution >= 0.6 is 0 Å². The van der Waals surface area contributed by atoms with Crippen LogP contribution in [0.1, 0.15) is 42.0 Å². The molecule has 1 amide bonds. The average molecular weight is 378 g/mol. The fourth-order valence-electron chi connectivity index (χ4n) is 2.98. The number of benzene rings is 1. The molecule has 140 valence electrons. The van der Waals surface area contributed by atoms with Gasteiger partial charge in [-0.1, -0.05) is 23.4 Å². The monoisotopic (exact) mass is 378 g/mol. The van der Waals surface area contributed by atoms with Crippen LogP contribution in [0, 0.1) is 13.8 Å². The Bertz CT molecular complexity index is 900. The molecule has 0 saturated heterocycles. The fraction of sp³-hybridized carbons (Fsp3) is 0.444. The summed E-state index contributed by atoms with van der Waals surface area (Å²) >= 11 is 0. The van der Waals surface area contributed by atoms with Gasteiger partial charge in [-0.05, 0) is 26.8 Å². The molecule has 0 fully saturated rings. The second-order valence-electron chi connectivity index (χ2n) is 6.49. The Hall–Kier alpha value is -2.35. The van der Waals surface area contributed by atoms with Gasteiger partial charge in [-0.3, -0.25) is 4.79 Å². The van der Waals surface area contributed by atoms with Gasteiger partial charge in [-0.25, -0.2) is 8.42 Å². The lowest BCUT2D eigenvalue weighted by atomic mass is 10.0. The maximum absolute atomic E-state index is 12.7. The zero-order valence-electron chi connectivity index (χ0n) is 15.0. The number of hydrogen-bond acceptors (Lipinski definition) is 6. The standard InChI is InChI=1S/C18H22N2O5S/c1-11-15(12(2)25-20-11)10-26(22,23)13(3)18(21)19-16-8-9-24-17-7-5-4-6-14(16)17/h4-7,13,16H,8-10H2,1-3H3,(H,19,21). The zero-order valence-corrected chi connectivity index (χ0v) is 15.8. The van der Waals surface area contributed by atoms with Crippen LogP contribution < -0.4 is 10.1 Å². The molecule has 0 aliphatic carbocycles. The molecular formula is C18H22N2O5S. The quantitative estimate of drug-likeness (QED) is 0.857. The molecule has 26 heavy (non-hydrogen) atoms. The van der Waals surface area contributed by atoms with Crippen molar-refractivity contribution >= 4 is 15.7 Å². The molecule has 8 heteroatoms. The number of sulfone groups is 1. The molecule has 2 atom stereocenters. The second-order valence-corrected chi connectivity index (χ2v) is 8.81. The number of fused-ring (bicyclic) bond motifs is 1. The first-order valence-corrected chi connectivity index (χ1v) is 10.2. The maximum Gasteiger partial charge on any atom is 0.238 e. The first kappa shape index (κ1) is 18.4. The first-order valence-electron chi connectivity index (χ1n) is 8.45. The summed E-state index contributed by atoms with van der Waals surface area (Å²) in [6.07, 6.45) is 0.597. The number of carbonyl (C=O) groups is 1. The van der Waals surface area contributed by atoms with E-state index >= 15 is 0 Å². The van der Waals surface area contributed by atoms with Crippen molar-refractivity contribution in [2.45, 2.75) is 44.2 Å². The van der Waals surface area contributed by atoms with Gasteiger partial charge in [-0.2, -0.15) is 0 Å². The molecule has 1 aliphatic heterocycles. The summed E-state index contributed by atoms with van der Waals surface area (Å²) in [5, 5.41) is 5.45. The van der Waals surface area contributed by atoms with E-state index < -0.39 is 21.0 Å². The summed E-state index contributed by atoms with van der Waals surface area (Å²) in [7, 11) is -3.70. The Morgan fingerprint density at radius 2 is 2.08 bits per heavy atom. The predicted octanol–water partition coefficient (Wildman–Crippen LogP) is 2.23. The molecule has 2 unspecified atom stereocenters. The van der Waals surface area contributed by atoms with Gasteiger partial charge in [-0.15, -0.1) is 0 Å². The SMILES string of the molecule is Cc1noc(C)c1CS(=O)(=O)C(C)C(=O)NC1CCOc2ccccc21. The third-order valence-electron chi connectivity index (χ3n) is 4.71. The Morgan fingerprint density at radius 1 is 1.35 bits per heavy atom. The van der Waals surface area contributed by atoms with Crippen LogP contribution in [-0.2, 0) is 20.4 Å². The number of rotatable bonds is 5. The van der Waals surface area contributed by atoms with E-state index in [0.29, 0.717) is 30.0 Å². The van der Waals surface area contributed by atoms with Crippen LogP contribution in [0.4, 0.5) is 0 Å². The van der Waals surface area contributed by atoms with Crippen LogP contribution in [0.2, 0.25) is 0 Å². The highest BCUT2D eigenvalue weighted by Gasteiger charge is 2.32. The Kier molecular flexibility index (Phi) is 5.04. The van der Waals surface area contributed by atoms with Crippen molar-refractivity contribution in [2.24, 2.45) is 0 Å². The van der Waals surface area contributed by atoms with Crippen LogP contribution in [0.25, 0.3) is 0 Å². The number of hydrogen-bond donors (Lipinski definition) is 1. The van der Waals surface area contributed by atoms with Crippen molar-refractivity contribution in [3.8, 4) is 5.75 Å². The van der Waals surface area contributed by atoms with E-state index in [1.165, 1.54) is 6.92 Å². The fourth-order valence-corrected chi connectivity index (χ4v) is 4.44. The molecule has 0 spiro atoms. The molecule has 1 aromatic carbocycles. The van der Waals surface area contributed by atoms with E-state index in [9.17, 15) is 13.2 Å². The second kappa shape index (κ2) is 7.11. The van der Waals surface area contributed by atoms with Crippen molar-refractivity contribution in [3.05, 3.63) is 46.8 Å². The Morgan fingerprint density at radius 3 is 2.77 bits per heavy atom. The van der Waals surface area contributed by atoms with Crippen LogP contribution in [0.3, 0.4) is 0 Å². The average Bonchev–Trinajstić information content (AvgIpc) is 2.93. The van der Waals surface area contributed by atoms with Gasteiger partial charge in [0, 0.05) is 17.5 Å². The van der Waals surface area contributed by atoms with Crippen molar-refractivity contribution in [1.82, 2.24) is 10.5 Å². The molecule has 2 heterocycles. The van der Waals surface area contributed by atoms with Gasteiger partial charge < -0.3 is 14.6 Å². The number of aryl methyl sites for hydroxylation is 2. The summed E-state index contributed by atoms with van der Waals surface area (Å²) in [6, 6.07) is 7.18. The molecule has 1 N–H and O–H groups in total. The highest BCUT2D eigenvalue weighted by atomic mass is 32.2. The number of carbonyl (C=O) groups excluding carboxylic acids is 1. The van der Waals surface area contributed by atoms with Crippen LogP contribution in [0.5, 0.6) is 5.75 Å². The van der Waals surface area contributed by atoms with Crippen molar-refractivity contribution in [3.63, 3.8) is 0 Å². The van der Waals surface area contributed by atoms with E-state index in [-0.39, 0.29) is 11.8 Å². The number of ether oxygens (including phenoxy) is 1. The third kappa shape index (κ3) is 3.60. The van der Waals surface area contributed by atoms with Gasteiger partial charge in [0.15, 0.2) is 9.84 Å². The van der Waals surface area contributed by atoms with Crippen molar-refractivity contribution < 1.29 is 22.5 Å². The minimum Gasteiger partial charge on any atom is -0.493 e. The molecule has 0 radical (unpaired) electrons. The van der Waals surface area contributed by atoms with E-state index in [4.69, 9.17) is 9.26 Å². The topological polar surface area (TPSA) is 98.5 Å². The summed E-state index contributed by atoms with van der Waals surface area (Å²) < 4.78 is 35.9. The number of aromatic nitrogens is 1. The lowest BCUT2D eigenvalue weighted by Gasteiger charge is -2.27. The highest BCUT2D eigenvalue weighted by Crippen LogP contribution is 2.31. The molecule has 1 aromatic heterocycles. The highest BCUT2D eigenvalue weighted by molar-refractivity contribution is 7.92. The Labute approximate surface area is 152 Å². The third-order valence-corrected chi connectivity index (χ3v) is 6.69. The van der Waals surface area contributed by atoms with Gasteiger partial charge in [0.25, 0.3) is 0 Å². The molecule has 7 nitrogen and oxygen atoms in total. The largest absolute Gasteiger partial charge is 0.493 e. The number of nitrogens with zero attached hydrogens (tertiary/aromatic N) is 1. The van der Waals surface area contributed by atoms with Crippen molar-refractivity contribution in [1.29, 1.82) is 0 Å². The minimum atomic E-state index is -3.70. The summed E-state index contributed by atoms with van der Waals surface area (Å²) in [4.78, 5) is 12.6. The summed E-state index contributed by atoms with van der Waals surface area (Å²) in [5.74, 6) is 0.387. The number of nitrogens with one attached hydrogen (secondary N) is 1. The van der Waals surface area contributed by atoms with Gasteiger partial charge >= 0.3 is 0 Å². The summed E-state index contributed by atoms with van der Waals surface area (Å²) in [6.45, 7) is 5.23. The molecule has 0 saturated carbocycles. The lowest BCUT2D eigenvalue weighted by Crippen LogP contribution is -2.41. The number of amides is 1. The molecule has 1 aliphatic rings. The predicted molar refractivity (Wildman–Crippen MR) is 95.5 cm³/mol. The molecule has 2 aromatic rings. The number of para-hydroxylation sites is 1.